The third kappa shape index (κ3) is 4.68. The van der Waals surface area contributed by atoms with Crippen molar-refractivity contribution in [3.63, 3.8) is 0 Å². The molecule has 1 N–H and O–H groups in total. The maximum absolute atomic E-state index is 11.7. The van der Waals surface area contributed by atoms with Gasteiger partial charge >= 0.3 is 0 Å². The molecule has 0 bridgehead atoms. The van der Waals surface area contributed by atoms with E-state index in [9.17, 15) is 4.79 Å². The third-order valence-corrected chi connectivity index (χ3v) is 4.61. The van der Waals surface area contributed by atoms with Crippen molar-refractivity contribution in [1.82, 2.24) is 5.43 Å². The van der Waals surface area contributed by atoms with Crippen molar-refractivity contribution in [1.29, 1.82) is 0 Å². The number of carbonyl (C=O) groups excluding carboxylic acids is 1. The fourth-order valence-electron chi connectivity index (χ4n) is 1.74. The molecular formula is C16H17BrN2O2S. The summed E-state index contributed by atoms with van der Waals surface area (Å²) in [6.45, 7) is 4.01. The zero-order valence-electron chi connectivity index (χ0n) is 12.4. The van der Waals surface area contributed by atoms with Gasteiger partial charge in [-0.15, -0.1) is 11.3 Å². The minimum atomic E-state index is -0.295. The average molecular weight is 381 g/mol. The van der Waals surface area contributed by atoms with E-state index < -0.39 is 0 Å². The molecule has 2 rings (SSSR count). The van der Waals surface area contributed by atoms with Gasteiger partial charge in [0.2, 0.25) is 0 Å². The Kier molecular flexibility index (Phi) is 6.15. The SMILES string of the molecule is CCc1ccc(OCC(=O)N/N=C/c2sccc2C)c(Br)c1. The molecule has 0 fully saturated rings. The molecular weight excluding hydrogens is 364 g/mol. The summed E-state index contributed by atoms with van der Waals surface area (Å²) in [5.74, 6) is 0.349. The molecule has 0 atom stereocenters. The first-order valence-electron chi connectivity index (χ1n) is 6.87. The van der Waals surface area contributed by atoms with Crippen LogP contribution in [0.1, 0.15) is 22.9 Å². The molecule has 0 unspecified atom stereocenters. The third-order valence-electron chi connectivity index (χ3n) is 3.04. The van der Waals surface area contributed by atoms with Gasteiger partial charge in [-0.1, -0.05) is 13.0 Å². The Bertz CT molecular complexity index is 683. The zero-order valence-corrected chi connectivity index (χ0v) is 14.8. The number of aryl methyl sites for hydroxylation is 2. The van der Waals surface area contributed by atoms with E-state index >= 15 is 0 Å². The quantitative estimate of drug-likeness (QED) is 0.609. The van der Waals surface area contributed by atoms with Crippen LogP contribution in [0.15, 0.2) is 39.2 Å². The predicted molar refractivity (Wildman–Crippen MR) is 93.8 cm³/mol. The summed E-state index contributed by atoms with van der Waals surface area (Å²) < 4.78 is 6.32. The number of hydrogen-bond donors (Lipinski definition) is 1. The van der Waals surface area contributed by atoms with E-state index in [0.717, 1.165) is 21.3 Å². The van der Waals surface area contributed by atoms with Gasteiger partial charge < -0.3 is 4.74 Å². The molecule has 6 heteroatoms. The van der Waals surface area contributed by atoms with E-state index in [4.69, 9.17) is 4.74 Å². The highest BCUT2D eigenvalue weighted by Crippen LogP contribution is 2.26. The van der Waals surface area contributed by atoms with Crippen LogP contribution < -0.4 is 10.2 Å². The highest BCUT2D eigenvalue weighted by Gasteiger charge is 2.05. The van der Waals surface area contributed by atoms with Crippen LogP contribution in [0.5, 0.6) is 5.75 Å². The van der Waals surface area contributed by atoms with Crippen LogP contribution in [0, 0.1) is 6.92 Å². The first-order valence-corrected chi connectivity index (χ1v) is 8.54. The number of halogens is 1. The maximum atomic E-state index is 11.7. The molecule has 0 spiro atoms. The Hall–Kier alpha value is -1.66. The minimum absolute atomic E-state index is 0.0785. The molecule has 2 aromatic rings. The van der Waals surface area contributed by atoms with Crippen LogP contribution >= 0.6 is 27.3 Å². The molecule has 22 heavy (non-hydrogen) atoms. The summed E-state index contributed by atoms with van der Waals surface area (Å²) in [7, 11) is 0. The Labute approximate surface area is 142 Å². The van der Waals surface area contributed by atoms with Crippen LogP contribution in [0.25, 0.3) is 0 Å². The number of thiophene rings is 1. The normalized spacial score (nSPS) is 10.9. The maximum Gasteiger partial charge on any atom is 0.277 e. The molecule has 1 heterocycles. The number of rotatable bonds is 6. The van der Waals surface area contributed by atoms with Crippen molar-refractivity contribution in [2.45, 2.75) is 20.3 Å². The second-order valence-electron chi connectivity index (χ2n) is 4.67. The number of ether oxygens (including phenoxy) is 1. The van der Waals surface area contributed by atoms with Crippen LogP contribution in [0.2, 0.25) is 0 Å². The molecule has 0 saturated carbocycles. The van der Waals surface area contributed by atoms with Gasteiger partial charge in [-0.2, -0.15) is 5.10 Å². The van der Waals surface area contributed by atoms with Gasteiger partial charge in [-0.3, -0.25) is 4.79 Å². The number of amides is 1. The number of nitrogens with zero attached hydrogens (tertiary/aromatic N) is 1. The van der Waals surface area contributed by atoms with Crippen LogP contribution in [0.3, 0.4) is 0 Å². The number of carbonyl (C=O) groups is 1. The van der Waals surface area contributed by atoms with Gasteiger partial charge in [0.05, 0.1) is 10.7 Å². The summed E-state index contributed by atoms with van der Waals surface area (Å²) in [6.07, 6.45) is 2.60. The van der Waals surface area contributed by atoms with Gasteiger partial charge in [0, 0.05) is 4.88 Å². The Morgan fingerprint density at radius 1 is 1.45 bits per heavy atom. The van der Waals surface area contributed by atoms with E-state index in [-0.39, 0.29) is 12.5 Å². The molecule has 1 aromatic carbocycles. The standard InChI is InChI=1S/C16H17BrN2O2S/c1-3-12-4-5-14(13(17)8-12)21-10-16(20)19-18-9-15-11(2)6-7-22-15/h4-9H,3,10H2,1-2H3,(H,19,20)/b18-9+. The molecule has 1 amide bonds. The molecule has 116 valence electrons. The van der Waals surface area contributed by atoms with Gasteiger partial charge in [0.1, 0.15) is 5.75 Å². The van der Waals surface area contributed by atoms with Crippen molar-refractivity contribution >= 4 is 39.4 Å². The minimum Gasteiger partial charge on any atom is -0.483 e. The summed E-state index contributed by atoms with van der Waals surface area (Å²) in [5, 5.41) is 5.92. The molecule has 0 aliphatic rings. The van der Waals surface area contributed by atoms with E-state index in [1.165, 1.54) is 5.56 Å². The van der Waals surface area contributed by atoms with E-state index in [1.54, 1.807) is 17.6 Å². The predicted octanol–water partition coefficient (Wildman–Crippen LogP) is 3.91. The molecule has 4 nitrogen and oxygen atoms in total. The number of hydrogen-bond acceptors (Lipinski definition) is 4. The summed E-state index contributed by atoms with van der Waals surface area (Å²) in [6, 6.07) is 7.84. The number of hydrazone groups is 1. The van der Waals surface area contributed by atoms with Crippen molar-refractivity contribution in [3.05, 3.63) is 50.1 Å². The molecule has 0 aliphatic carbocycles. The first-order chi connectivity index (χ1) is 10.6. The zero-order chi connectivity index (χ0) is 15.9. The lowest BCUT2D eigenvalue weighted by atomic mass is 10.2. The summed E-state index contributed by atoms with van der Waals surface area (Å²) in [4.78, 5) is 12.7. The lowest BCUT2D eigenvalue weighted by Gasteiger charge is -2.08. The molecule has 0 radical (unpaired) electrons. The van der Waals surface area contributed by atoms with Gasteiger partial charge in [0.15, 0.2) is 6.61 Å². The van der Waals surface area contributed by atoms with E-state index in [2.05, 4.69) is 33.4 Å². The lowest BCUT2D eigenvalue weighted by molar-refractivity contribution is -0.123. The van der Waals surface area contributed by atoms with Crippen molar-refractivity contribution < 1.29 is 9.53 Å². The van der Waals surface area contributed by atoms with Gasteiger partial charge in [0.25, 0.3) is 5.91 Å². The molecule has 1 aromatic heterocycles. The first kappa shape index (κ1) is 16.7. The lowest BCUT2D eigenvalue weighted by Crippen LogP contribution is -2.24. The van der Waals surface area contributed by atoms with Gasteiger partial charge in [-0.25, -0.2) is 5.43 Å². The molecule has 0 aliphatic heterocycles. The second-order valence-corrected chi connectivity index (χ2v) is 6.47. The monoisotopic (exact) mass is 380 g/mol. The van der Waals surface area contributed by atoms with E-state index in [0.29, 0.717) is 5.75 Å². The Morgan fingerprint density at radius 3 is 2.91 bits per heavy atom. The second kappa shape index (κ2) is 8.10. The van der Waals surface area contributed by atoms with Gasteiger partial charge in [-0.05, 0) is 64.0 Å². The fourth-order valence-corrected chi connectivity index (χ4v) is 3.06. The van der Waals surface area contributed by atoms with Crippen LogP contribution in [-0.2, 0) is 11.2 Å². The number of nitrogens with one attached hydrogen (secondary N) is 1. The van der Waals surface area contributed by atoms with E-state index in [1.807, 2.05) is 36.6 Å². The average Bonchev–Trinajstić information content (AvgIpc) is 2.91. The number of benzene rings is 1. The highest BCUT2D eigenvalue weighted by atomic mass is 79.9. The van der Waals surface area contributed by atoms with Crippen LogP contribution in [0.4, 0.5) is 0 Å². The highest BCUT2D eigenvalue weighted by molar-refractivity contribution is 9.10. The summed E-state index contributed by atoms with van der Waals surface area (Å²) >= 11 is 5.02. The van der Waals surface area contributed by atoms with Crippen molar-refractivity contribution in [2.75, 3.05) is 6.61 Å². The molecule has 0 saturated heterocycles. The van der Waals surface area contributed by atoms with Crippen molar-refractivity contribution in [2.24, 2.45) is 5.10 Å². The summed E-state index contributed by atoms with van der Waals surface area (Å²) in [5.41, 5.74) is 4.80. The topological polar surface area (TPSA) is 50.7 Å². The fraction of sp³-hybridized carbons (Fsp3) is 0.250. The Balaban J connectivity index is 1.83. The Morgan fingerprint density at radius 2 is 2.27 bits per heavy atom. The van der Waals surface area contributed by atoms with Crippen LogP contribution in [-0.4, -0.2) is 18.7 Å². The van der Waals surface area contributed by atoms with Crippen molar-refractivity contribution in [3.8, 4) is 5.75 Å². The smallest absolute Gasteiger partial charge is 0.277 e. The largest absolute Gasteiger partial charge is 0.483 e.